The summed E-state index contributed by atoms with van der Waals surface area (Å²) in [7, 11) is 0. The van der Waals surface area contributed by atoms with Gasteiger partial charge in [0.15, 0.2) is 0 Å². The topological polar surface area (TPSA) is 87.7 Å². The molecule has 0 unspecified atom stereocenters. The first-order valence-corrected chi connectivity index (χ1v) is 5.79. The second-order valence-electron chi connectivity index (χ2n) is 4.77. The molecule has 0 radical (unpaired) electrons. The van der Waals surface area contributed by atoms with Crippen molar-refractivity contribution in [3.05, 3.63) is 0 Å². The van der Waals surface area contributed by atoms with Gasteiger partial charge in [-0.1, -0.05) is 0 Å². The zero-order valence-electron chi connectivity index (χ0n) is 10.4. The van der Waals surface area contributed by atoms with E-state index in [2.05, 4.69) is 10.6 Å². The SMILES string of the molecule is CCOC1CC(NC(=O)NC(C)(C)C(=O)O)C1. The van der Waals surface area contributed by atoms with E-state index in [1.807, 2.05) is 6.92 Å². The van der Waals surface area contributed by atoms with Crippen LogP contribution in [0.4, 0.5) is 4.79 Å². The predicted molar refractivity (Wildman–Crippen MR) is 61.8 cm³/mol. The van der Waals surface area contributed by atoms with Crippen LogP contribution in [0.1, 0.15) is 33.6 Å². The fraction of sp³-hybridized carbons (Fsp3) is 0.818. The van der Waals surface area contributed by atoms with E-state index in [-0.39, 0.29) is 12.1 Å². The fourth-order valence-electron chi connectivity index (χ4n) is 1.61. The summed E-state index contributed by atoms with van der Waals surface area (Å²) in [6.45, 7) is 5.50. The van der Waals surface area contributed by atoms with Crippen molar-refractivity contribution in [3.63, 3.8) is 0 Å². The third kappa shape index (κ3) is 3.89. The molecular weight excluding hydrogens is 224 g/mol. The molecule has 17 heavy (non-hydrogen) atoms. The molecule has 1 aliphatic rings. The molecule has 0 spiro atoms. The highest BCUT2D eigenvalue weighted by atomic mass is 16.5. The second-order valence-corrected chi connectivity index (χ2v) is 4.77. The van der Waals surface area contributed by atoms with Crippen molar-refractivity contribution in [1.29, 1.82) is 0 Å². The molecule has 0 aliphatic heterocycles. The maximum absolute atomic E-state index is 11.5. The van der Waals surface area contributed by atoms with E-state index < -0.39 is 17.5 Å². The molecule has 0 heterocycles. The Bertz CT molecular complexity index is 298. The van der Waals surface area contributed by atoms with Crippen LogP contribution in [0.25, 0.3) is 0 Å². The number of hydrogen-bond donors (Lipinski definition) is 3. The van der Waals surface area contributed by atoms with Crippen molar-refractivity contribution < 1.29 is 19.4 Å². The molecule has 0 aromatic heterocycles. The van der Waals surface area contributed by atoms with Crippen LogP contribution in [0, 0.1) is 0 Å². The summed E-state index contributed by atoms with van der Waals surface area (Å²) < 4.78 is 5.36. The van der Waals surface area contributed by atoms with Crippen LogP contribution in [0.15, 0.2) is 0 Å². The average molecular weight is 244 g/mol. The minimum absolute atomic E-state index is 0.0798. The first-order chi connectivity index (χ1) is 7.85. The van der Waals surface area contributed by atoms with Gasteiger partial charge in [-0.15, -0.1) is 0 Å². The minimum atomic E-state index is -1.26. The first-order valence-electron chi connectivity index (χ1n) is 5.79. The van der Waals surface area contributed by atoms with Crippen LogP contribution in [-0.4, -0.2) is 41.4 Å². The van der Waals surface area contributed by atoms with Gasteiger partial charge in [0, 0.05) is 12.6 Å². The lowest BCUT2D eigenvalue weighted by Gasteiger charge is -2.36. The highest BCUT2D eigenvalue weighted by Crippen LogP contribution is 2.23. The van der Waals surface area contributed by atoms with Crippen LogP contribution < -0.4 is 10.6 Å². The van der Waals surface area contributed by atoms with Gasteiger partial charge in [0.2, 0.25) is 0 Å². The minimum Gasteiger partial charge on any atom is -0.480 e. The van der Waals surface area contributed by atoms with E-state index in [4.69, 9.17) is 9.84 Å². The number of carboxylic acids is 1. The van der Waals surface area contributed by atoms with Crippen LogP contribution in [0.5, 0.6) is 0 Å². The Labute approximate surface area is 101 Å². The molecule has 3 N–H and O–H groups in total. The highest BCUT2D eigenvalue weighted by Gasteiger charge is 2.33. The van der Waals surface area contributed by atoms with Crippen LogP contribution in [-0.2, 0) is 9.53 Å². The number of hydrogen-bond acceptors (Lipinski definition) is 3. The molecule has 98 valence electrons. The molecule has 6 heteroatoms. The summed E-state index contributed by atoms with van der Waals surface area (Å²) in [4.78, 5) is 22.3. The van der Waals surface area contributed by atoms with Crippen LogP contribution in [0.3, 0.4) is 0 Å². The Balaban J connectivity index is 2.26. The monoisotopic (exact) mass is 244 g/mol. The maximum atomic E-state index is 11.5. The Kier molecular flexibility index (Phi) is 4.34. The van der Waals surface area contributed by atoms with Gasteiger partial charge in [-0.3, -0.25) is 0 Å². The molecule has 0 saturated heterocycles. The number of carbonyl (C=O) groups is 2. The van der Waals surface area contributed by atoms with Gasteiger partial charge in [0.25, 0.3) is 0 Å². The van der Waals surface area contributed by atoms with E-state index in [0.717, 1.165) is 12.8 Å². The lowest BCUT2D eigenvalue weighted by Crippen LogP contribution is -2.57. The summed E-state index contributed by atoms with van der Waals surface area (Å²) in [6.07, 6.45) is 1.79. The van der Waals surface area contributed by atoms with Crippen LogP contribution in [0.2, 0.25) is 0 Å². The standard InChI is InChI=1S/C11H20N2O4/c1-4-17-8-5-7(6-8)12-10(16)13-11(2,3)9(14)15/h7-8H,4-6H2,1-3H3,(H,14,15)(H2,12,13,16). The molecule has 0 aromatic carbocycles. The van der Waals surface area contributed by atoms with Gasteiger partial charge in [0.05, 0.1) is 6.10 Å². The Morgan fingerprint density at radius 2 is 2.00 bits per heavy atom. The van der Waals surface area contributed by atoms with E-state index >= 15 is 0 Å². The second kappa shape index (κ2) is 5.35. The normalized spacial score (nSPS) is 23.7. The van der Waals surface area contributed by atoms with Gasteiger partial charge in [-0.25, -0.2) is 9.59 Å². The molecule has 1 saturated carbocycles. The maximum Gasteiger partial charge on any atom is 0.328 e. The summed E-state index contributed by atoms with van der Waals surface area (Å²) in [5.74, 6) is -1.06. The Morgan fingerprint density at radius 3 is 2.47 bits per heavy atom. The number of nitrogens with one attached hydrogen (secondary N) is 2. The molecule has 0 atom stereocenters. The Morgan fingerprint density at radius 1 is 1.41 bits per heavy atom. The fourth-order valence-corrected chi connectivity index (χ4v) is 1.61. The molecule has 1 fully saturated rings. The van der Waals surface area contributed by atoms with E-state index in [0.29, 0.717) is 6.61 Å². The van der Waals surface area contributed by atoms with E-state index in [9.17, 15) is 9.59 Å². The Hall–Kier alpha value is -1.30. The molecule has 6 nitrogen and oxygen atoms in total. The number of rotatable bonds is 5. The molecule has 0 aromatic rings. The molecule has 2 amide bonds. The lowest BCUT2D eigenvalue weighted by molar-refractivity contribution is -0.142. The van der Waals surface area contributed by atoms with Crippen molar-refractivity contribution in [2.24, 2.45) is 0 Å². The zero-order valence-corrected chi connectivity index (χ0v) is 10.4. The number of ether oxygens (including phenoxy) is 1. The summed E-state index contributed by atoms with van der Waals surface area (Å²) in [5, 5.41) is 14.0. The van der Waals surface area contributed by atoms with Gasteiger partial charge >= 0.3 is 12.0 Å². The number of carboxylic acid groups (broad SMARTS) is 1. The largest absolute Gasteiger partial charge is 0.480 e. The predicted octanol–water partition coefficient (Wildman–Crippen LogP) is 0.716. The number of carbonyl (C=O) groups excluding carboxylic acids is 1. The van der Waals surface area contributed by atoms with E-state index in [1.165, 1.54) is 13.8 Å². The van der Waals surface area contributed by atoms with Crippen molar-refractivity contribution in [2.75, 3.05) is 6.61 Å². The first kappa shape index (κ1) is 13.8. The van der Waals surface area contributed by atoms with Crippen LogP contribution >= 0.6 is 0 Å². The van der Waals surface area contributed by atoms with E-state index in [1.54, 1.807) is 0 Å². The number of urea groups is 1. The molecule has 1 aliphatic carbocycles. The van der Waals surface area contributed by atoms with Crippen molar-refractivity contribution in [1.82, 2.24) is 10.6 Å². The average Bonchev–Trinajstić information content (AvgIpc) is 2.13. The van der Waals surface area contributed by atoms with Crippen molar-refractivity contribution in [3.8, 4) is 0 Å². The molecule has 1 rings (SSSR count). The summed E-state index contributed by atoms with van der Waals surface area (Å²) in [6, 6.07) is -0.367. The summed E-state index contributed by atoms with van der Waals surface area (Å²) in [5.41, 5.74) is -1.26. The number of aliphatic carboxylic acids is 1. The van der Waals surface area contributed by atoms with Crippen molar-refractivity contribution in [2.45, 2.75) is 51.3 Å². The smallest absolute Gasteiger partial charge is 0.328 e. The van der Waals surface area contributed by atoms with Crippen molar-refractivity contribution >= 4 is 12.0 Å². The third-order valence-corrected chi connectivity index (χ3v) is 2.79. The van der Waals surface area contributed by atoms with Gasteiger partial charge in [0.1, 0.15) is 5.54 Å². The number of amides is 2. The quantitative estimate of drug-likeness (QED) is 0.665. The molecular formula is C11H20N2O4. The molecule has 0 bridgehead atoms. The third-order valence-electron chi connectivity index (χ3n) is 2.79. The van der Waals surface area contributed by atoms with Gasteiger partial charge < -0.3 is 20.5 Å². The highest BCUT2D eigenvalue weighted by molar-refractivity contribution is 5.85. The summed E-state index contributed by atoms with van der Waals surface area (Å²) >= 11 is 0. The lowest BCUT2D eigenvalue weighted by atomic mass is 9.89. The zero-order chi connectivity index (χ0) is 13.1. The van der Waals surface area contributed by atoms with Gasteiger partial charge in [-0.05, 0) is 33.6 Å². The van der Waals surface area contributed by atoms with Gasteiger partial charge in [-0.2, -0.15) is 0 Å².